The zero-order chi connectivity index (χ0) is 27.5. The molecule has 2 heterocycles. The van der Waals surface area contributed by atoms with Crippen LogP contribution in [-0.4, -0.2) is 49.6 Å². The number of ether oxygens (including phenoxy) is 2. The second-order valence-electron chi connectivity index (χ2n) is 10.1. The first-order valence-corrected chi connectivity index (χ1v) is 14.0. The van der Waals surface area contributed by atoms with Crippen LogP contribution in [0, 0.1) is 0 Å². The van der Waals surface area contributed by atoms with Gasteiger partial charge >= 0.3 is 13.5 Å². The van der Waals surface area contributed by atoms with Gasteiger partial charge < -0.3 is 24.3 Å². The minimum absolute atomic E-state index is 0.288. The summed E-state index contributed by atoms with van der Waals surface area (Å²) in [5, 5.41) is 4.58. The molecule has 4 rings (SSSR count). The van der Waals surface area contributed by atoms with Crippen molar-refractivity contribution in [2.24, 2.45) is 0 Å². The first-order valence-electron chi connectivity index (χ1n) is 12.2. The Bertz CT molecular complexity index is 1480. The highest BCUT2D eigenvalue weighted by Gasteiger charge is 2.33. The number of hydrogen-bond acceptors (Lipinski definition) is 9. The van der Waals surface area contributed by atoms with E-state index in [1.807, 2.05) is 43.3 Å². The number of carbonyl (C=O) groups excluding carboxylic acids is 1. The number of fused-ring (bicyclic) bond motifs is 2. The van der Waals surface area contributed by atoms with E-state index in [-0.39, 0.29) is 12.2 Å². The Labute approximate surface area is 221 Å². The monoisotopic (exact) mass is 540 g/mol. The lowest BCUT2D eigenvalue weighted by Gasteiger charge is -2.27. The van der Waals surface area contributed by atoms with Crippen molar-refractivity contribution in [3.8, 4) is 5.75 Å². The summed E-state index contributed by atoms with van der Waals surface area (Å²) in [6.07, 6.45) is 2.26. The van der Waals surface area contributed by atoms with Gasteiger partial charge in [0.05, 0.1) is 19.0 Å². The summed E-state index contributed by atoms with van der Waals surface area (Å²) in [6, 6.07) is 12.2. The number of esters is 1. The fraction of sp³-hybridized carbons (Fsp3) is 0.385. The predicted octanol–water partition coefficient (Wildman–Crippen LogP) is 4.52. The predicted molar refractivity (Wildman–Crippen MR) is 146 cm³/mol. The minimum atomic E-state index is -3.76. The Balaban J connectivity index is 1.54. The average Bonchev–Trinajstić information content (AvgIpc) is 3.26. The van der Waals surface area contributed by atoms with Crippen molar-refractivity contribution in [3.05, 3.63) is 55.1 Å². The van der Waals surface area contributed by atoms with Gasteiger partial charge in [-0.3, -0.25) is 9.36 Å². The van der Waals surface area contributed by atoms with Gasteiger partial charge in [-0.15, -0.1) is 0 Å². The quantitative estimate of drug-likeness (QED) is 0.218. The normalized spacial score (nSPS) is 15.2. The molecule has 0 saturated carbocycles. The molecule has 0 radical (unpaired) electrons. The molecule has 3 atom stereocenters. The van der Waals surface area contributed by atoms with Crippen LogP contribution in [0.1, 0.15) is 34.6 Å². The van der Waals surface area contributed by atoms with Crippen molar-refractivity contribution in [2.45, 2.75) is 58.9 Å². The van der Waals surface area contributed by atoms with Gasteiger partial charge in [-0.2, -0.15) is 0 Å². The number of nitrogens with one attached hydrogen (secondary N) is 1. The van der Waals surface area contributed by atoms with Crippen molar-refractivity contribution in [3.63, 3.8) is 0 Å². The van der Waals surface area contributed by atoms with Gasteiger partial charge in [0.1, 0.15) is 35.6 Å². The maximum atomic E-state index is 14.1. The maximum absolute atomic E-state index is 14.1. The van der Waals surface area contributed by atoms with Crippen molar-refractivity contribution in [2.75, 3.05) is 12.1 Å². The molecule has 0 fully saturated rings. The molecule has 0 saturated heterocycles. The van der Waals surface area contributed by atoms with Crippen LogP contribution in [0.2, 0.25) is 0 Å². The molecule has 2 aromatic carbocycles. The number of nitrogens with two attached hydrogens (primary N) is 1. The maximum Gasteiger partial charge on any atom is 0.342 e. The average molecular weight is 541 g/mol. The fourth-order valence-corrected chi connectivity index (χ4v) is 5.65. The Morgan fingerprint density at radius 1 is 1.11 bits per heavy atom. The highest BCUT2D eigenvalue weighted by atomic mass is 31.2. The summed E-state index contributed by atoms with van der Waals surface area (Å²) >= 11 is 0. The number of nitrogens with zero attached hydrogens (tertiary/aromatic N) is 4. The first kappa shape index (κ1) is 27.5. The standard InChI is InChI=1S/C26H33N6O5P/c1-17(13-32-15-30-22-23(27)28-14-29-24(22)32)35-16-38(34,31-18(2)25(33)36-26(3,4)5)37-21-12-8-10-19-9-6-7-11-20(19)21/h6-12,14-15,17-18H,13,16H2,1-5H3,(H,31,34)(H2,27,28,29)/t17-,18+,38?/m1/s1. The lowest BCUT2D eigenvalue weighted by Crippen LogP contribution is -2.39. The minimum Gasteiger partial charge on any atom is -0.459 e. The third-order valence-corrected chi connectivity index (χ3v) is 7.32. The van der Waals surface area contributed by atoms with Crippen LogP contribution >= 0.6 is 7.52 Å². The largest absolute Gasteiger partial charge is 0.459 e. The molecular weight excluding hydrogens is 507 g/mol. The number of imidazole rings is 1. The lowest BCUT2D eigenvalue weighted by atomic mass is 10.1. The second-order valence-corrected chi connectivity index (χ2v) is 12.1. The molecule has 12 heteroatoms. The van der Waals surface area contributed by atoms with Gasteiger partial charge in [-0.25, -0.2) is 20.0 Å². The van der Waals surface area contributed by atoms with E-state index in [1.165, 1.54) is 6.33 Å². The van der Waals surface area contributed by atoms with E-state index in [1.54, 1.807) is 44.7 Å². The number of carbonyl (C=O) groups is 1. The molecule has 2 aromatic heterocycles. The van der Waals surface area contributed by atoms with E-state index in [0.29, 0.717) is 23.5 Å². The molecule has 1 unspecified atom stereocenters. The third kappa shape index (κ3) is 6.66. The summed E-state index contributed by atoms with van der Waals surface area (Å²) < 4.78 is 33.5. The van der Waals surface area contributed by atoms with Crippen molar-refractivity contribution >= 4 is 41.2 Å². The van der Waals surface area contributed by atoms with E-state index in [4.69, 9.17) is 19.7 Å². The molecule has 4 aromatic rings. The Morgan fingerprint density at radius 3 is 2.61 bits per heavy atom. The molecule has 202 valence electrons. The highest BCUT2D eigenvalue weighted by Crippen LogP contribution is 2.46. The van der Waals surface area contributed by atoms with E-state index in [9.17, 15) is 9.36 Å². The van der Waals surface area contributed by atoms with Gasteiger partial charge in [-0.05, 0) is 46.1 Å². The molecule has 11 nitrogen and oxygen atoms in total. The molecule has 0 spiro atoms. The van der Waals surface area contributed by atoms with Crippen LogP contribution in [0.3, 0.4) is 0 Å². The van der Waals surface area contributed by atoms with Gasteiger partial charge in [0.15, 0.2) is 11.5 Å². The van der Waals surface area contributed by atoms with Crippen LogP contribution in [0.4, 0.5) is 5.82 Å². The molecule has 3 N–H and O–H groups in total. The molecule has 38 heavy (non-hydrogen) atoms. The number of aromatic nitrogens is 4. The number of benzene rings is 2. The van der Waals surface area contributed by atoms with Crippen LogP contribution < -0.4 is 15.3 Å². The molecule has 0 bridgehead atoms. The van der Waals surface area contributed by atoms with E-state index in [2.05, 4.69) is 20.0 Å². The number of hydrogen-bond donors (Lipinski definition) is 2. The topological polar surface area (TPSA) is 143 Å². The van der Waals surface area contributed by atoms with Gasteiger partial charge in [0, 0.05) is 5.39 Å². The SMILES string of the molecule is C[C@H](Cn1cnc2c(N)ncnc21)OCP(=O)(N[C@@H](C)C(=O)OC(C)(C)C)Oc1cccc2ccccc12. The van der Waals surface area contributed by atoms with E-state index in [0.717, 1.165) is 10.8 Å². The Kier molecular flexibility index (Phi) is 8.01. The highest BCUT2D eigenvalue weighted by molar-refractivity contribution is 7.57. The van der Waals surface area contributed by atoms with Gasteiger partial charge in [-0.1, -0.05) is 36.4 Å². The molecule has 0 aliphatic carbocycles. The summed E-state index contributed by atoms with van der Waals surface area (Å²) in [5.74, 6) is 0.157. The Morgan fingerprint density at radius 2 is 1.84 bits per heavy atom. The molecular formula is C26H33N6O5P. The molecule has 0 aliphatic heterocycles. The summed E-state index contributed by atoms with van der Waals surface area (Å²) in [5.41, 5.74) is 6.25. The van der Waals surface area contributed by atoms with E-state index < -0.39 is 31.2 Å². The van der Waals surface area contributed by atoms with Crippen LogP contribution in [0.25, 0.3) is 21.9 Å². The second kappa shape index (κ2) is 11.1. The molecule has 0 amide bonds. The van der Waals surface area contributed by atoms with E-state index >= 15 is 0 Å². The molecule has 0 aliphatic rings. The summed E-state index contributed by atoms with van der Waals surface area (Å²) in [6.45, 7) is 9.09. The zero-order valence-electron chi connectivity index (χ0n) is 22.1. The third-order valence-electron chi connectivity index (χ3n) is 5.56. The van der Waals surface area contributed by atoms with Crippen LogP contribution in [-0.2, 0) is 25.4 Å². The van der Waals surface area contributed by atoms with Gasteiger partial charge in [0.25, 0.3) is 0 Å². The zero-order valence-corrected chi connectivity index (χ0v) is 23.0. The van der Waals surface area contributed by atoms with Crippen molar-refractivity contribution < 1.29 is 23.4 Å². The van der Waals surface area contributed by atoms with Crippen molar-refractivity contribution in [1.82, 2.24) is 24.6 Å². The fourth-order valence-electron chi connectivity index (χ4n) is 3.85. The van der Waals surface area contributed by atoms with Crippen LogP contribution in [0.5, 0.6) is 5.75 Å². The van der Waals surface area contributed by atoms with Gasteiger partial charge in [0.2, 0.25) is 0 Å². The number of rotatable bonds is 10. The van der Waals surface area contributed by atoms with Crippen LogP contribution in [0.15, 0.2) is 55.1 Å². The smallest absolute Gasteiger partial charge is 0.342 e. The summed E-state index contributed by atoms with van der Waals surface area (Å²) in [7, 11) is -3.76. The van der Waals surface area contributed by atoms with Crippen molar-refractivity contribution in [1.29, 1.82) is 0 Å². The summed E-state index contributed by atoms with van der Waals surface area (Å²) in [4.78, 5) is 25.1. The number of anilines is 1. The Hall–Kier alpha value is -3.53. The first-order chi connectivity index (χ1) is 17.9. The number of nitrogen functional groups attached to an aromatic ring is 1. The lowest BCUT2D eigenvalue weighted by molar-refractivity contribution is -0.156.